The molecule has 0 saturated carbocycles. The van der Waals surface area contributed by atoms with Crippen LogP contribution in [0, 0.1) is 0 Å². The van der Waals surface area contributed by atoms with Crippen molar-refractivity contribution in [3.8, 4) is 17.1 Å². The fraction of sp³-hybridized carbons (Fsp3) is 0.318. The molecule has 1 amide bonds. The molecule has 1 aromatic heterocycles. The summed E-state index contributed by atoms with van der Waals surface area (Å²) in [5.41, 5.74) is 2.27. The molecule has 164 valence electrons. The molecule has 6 nitrogen and oxygen atoms in total. The molecule has 1 heterocycles. The van der Waals surface area contributed by atoms with Gasteiger partial charge in [0.2, 0.25) is 17.6 Å². The summed E-state index contributed by atoms with van der Waals surface area (Å²) >= 11 is 1.30. The van der Waals surface area contributed by atoms with Gasteiger partial charge in [-0.2, -0.15) is 13.8 Å². The second-order valence-corrected chi connectivity index (χ2v) is 8.74. The zero-order valence-corrected chi connectivity index (χ0v) is 18.2. The van der Waals surface area contributed by atoms with Crippen molar-refractivity contribution in [1.82, 2.24) is 10.1 Å². The van der Waals surface area contributed by atoms with E-state index in [4.69, 9.17) is 4.52 Å². The van der Waals surface area contributed by atoms with E-state index < -0.39 is 6.61 Å². The minimum absolute atomic E-state index is 0.0330. The van der Waals surface area contributed by atoms with Gasteiger partial charge >= 0.3 is 6.61 Å². The average molecular weight is 448 g/mol. The maximum absolute atomic E-state index is 12.6. The Morgan fingerprint density at radius 1 is 1.16 bits per heavy atom. The summed E-state index contributed by atoms with van der Waals surface area (Å²) < 4.78 is 34.8. The molecule has 0 saturated heterocycles. The summed E-state index contributed by atoms with van der Waals surface area (Å²) in [7, 11) is 0. The zero-order valence-electron chi connectivity index (χ0n) is 17.4. The summed E-state index contributed by atoms with van der Waals surface area (Å²) in [5, 5.41) is 6.67. The molecule has 0 radical (unpaired) electrons. The number of para-hydroxylation sites is 1. The van der Waals surface area contributed by atoms with Gasteiger partial charge in [0.15, 0.2) is 0 Å². The molecular formula is C22H23F2N3O3S. The van der Waals surface area contributed by atoms with E-state index in [0.717, 1.165) is 5.69 Å². The Bertz CT molecular complexity index is 1020. The quantitative estimate of drug-likeness (QED) is 0.491. The Balaban J connectivity index is 1.52. The van der Waals surface area contributed by atoms with Gasteiger partial charge < -0.3 is 14.6 Å². The number of hydrogen-bond donors (Lipinski definition) is 1. The van der Waals surface area contributed by atoms with Gasteiger partial charge in [-0.15, -0.1) is 11.8 Å². The maximum Gasteiger partial charge on any atom is 0.387 e. The van der Waals surface area contributed by atoms with Crippen LogP contribution < -0.4 is 10.1 Å². The summed E-state index contributed by atoms with van der Waals surface area (Å²) in [6.07, 6.45) is 0. The van der Waals surface area contributed by atoms with E-state index in [0.29, 0.717) is 11.3 Å². The minimum atomic E-state index is -2.95. The first-order valence-corrected chi connectivity index (χ1v) is 10.7. The number of amides is 1. The molecule has 2 aromatic carbocycles. The molecule has 0 unspecified atom stereocenters. The summed E-state index contributed by atoms with van der Waals surface area (Å²) in [4.78, 5) is 16.4. The smallest absolute Gasteiger partial charge is 0.387 e. The third-order valence-corrected chi connectivity index (χ3v) is 5.22. The third kappa shape index (κ3) is 6.52. The zero-order chi connectivity index (χ0) is 22.4. The van der Waals surface area contributed by atoms with E-state index >= 15 is 0 Å². The Kier molecular flexibility index (Phi) is 7.27. The highest BCUT2D eigenvalue weighted by molar-refractivity contribution is 7.99. The van der Waals surface area contributed by atoms with Crippen LogP contribution in [0.5, 0.6) is 5.75 Å². The van der Waals surface area contributed by atoms with Crippen molar-refractivity contribution in [3.63, 3.8) is 0 Å². The fourth-order valence-electron chi connectivity index (χ4n) is 2.75. The van der Waals surface area contributed by atoms with Gasteiger partial charge in [0.1, 0.15) is 5.75 Å². The molecule has 3 rings (SSSR count). The molecule has 0 aliphatic heterocycles. The number of aromatic nitrogens is 2. The molecule has 0 aliphatic rings. The van der Waals surface area contributed by atoms with Crippen molar-refractivity contribution in [2.24, 2.45) is 0 Å². The number of alkyl halides is 2. The summed E-state index contributed by atoms with van der Waals surface area (Å²) in [5.74, 6) is 0.758. The topological polar surface area (TPSA) is 77.2 Å². The number of carbonyl (C=O) groups is 1. The molecule has 31 heavy (non-hydrogen) atoms. The van der Waals surface area contributed by atoms with Gasteiger partial charge in [-0.3, -0.25) is 4.79 Å². The summed E-state index contributed by atoms with van der Waals surface area (Å²) in [6.45, 7) is 3.44. The van der Waals surface area contributed by atoms with Crippen LogP contribution in [0.25, 0.3) is 11.4 Å². The van der Waals surface area contributed by atoms with Crippen LogP contribution in [0.2, 0.25) is 0 Å². The molecule has 9 heteroatoms. The first-order valence-electron chi connectivity index (χ1n) is 9.57. The van der Waals surface area contributed by atoms with E-state index in [1.54, 1.807) is 18.2 Å². The molecule has 0 atom stereocenters. The number of ether oxygens (including phenoxy) is 1. The molecule has 0 spiro atoms. The molecule has 0 aliphatic carbocycles. The normalized spacial score (nSPS) is 11.5. The minimum Gasteiger partial charge on any atom is -0.434 e. The molecule has 0 bridgehead atoms. The van der Waals surface area contributed by atoms with Crippen molar-refractivity contribution >= 4 is 23.4 Å². The molecule has 0 fully saturated rings. The predicted octanol–water partition coefficient (Wildman–Crippen LogP) is 5.51. The highest BCUT2D eigenvalue weighted by Crippen LogP contribution is 2.29. The number of carbonyl (C=O) groups excluding carboxylic acids is 1. The first kappa shape index (κ1) is 22.7. The summed E-state index contributed by atoms with van der Waals surface area (Å²) in [6, 6.07) is 14.0. The highest BCUT2D eigenvalue weighted by atomic mass is 32.2. The van der Waals surface area contributed by atoms with Crippen LogP contribution in [0.1, 0.15) is 32.2 Å². The van der Waals surface area contributed by atoms with Crippen molar-refractivity contribution in [2.75, 3.05) is 11.1 Å². The van der Waals surface area contributed by atoms with Gasteiger partial charge in [0.25, 0.3) is 0 Å². The van der Waals surface area contributed by atoms with E-state index in [1.807, 2.05) is 24.3 Å². The Morgan fingerprint density at radius 2 is 1.87 bits per heavy atom. The van der Waals surface area contributed by atoms with Crippen molar-refractivity contribution in [3.05, 3.63) is 60.0 Å². The van der Waals surface area contributed by atoms with Gasteiger partial charge in [-0.05, 0) is 35.2 Å². The fourth-order valence-corrected chi connectivity index (χ4v) is 3.41. The highest BCUT2D eigenvalue weighted by Gasteiger charge is 2.16. The maximum atomic E-state index is 12.6. The Labute approximate surface area is 183 Å². The monoisotopic (exact) mass is 447 g/mol. The lowest BCUT2D eigenvalue weighted by molar-refractivity contribution is -0.113. The molecule has 1 N–H and O–H groups in total. The van der Waals surface area contributed by atoms with E-state index in [1.165, 1.54) is 23.4 Å². The number of halogens is 2. The van der Waals surface area contributed by atoms with Gasteiger partial charge in [0.05, 0.1) is 17.1 Å². The van der Waals surface area contributed by atoms with Crippen molar-refractivity contribution < 1.29 is 22.8 Å². The third-order valence-electron chi connectivity index (χ3n) is 4.31. The Hall–Kier alpha value is -2.94. The number of anilines is 1. The van der Waals surface area contributed by atoms with Crippen LogP contribution in [0.3, 0.4) is 0 Å². The number of rotatable bonds is 8. The largest absolute Gasteiger partial charge is 0.434 e. The van der Waals surface area contributed by atoms with Crippen LogP contribution in [0.15, 0.2) is 53.1 Å². The number of nitrogens with one attached hydrogen (secondary N) is 1. The standard InChI is InChI=1S/C22H23F2N3O3S/c1-22(2,3)14-8-10-15(11-9-14)25-18(28)12-31-13-19-26-20(27-30-19)16-6-4-5-7-17(16)29-21(23)24/h4-11,21H,12-13H2,1-3H3,(H,25,28). The first-order chi connectivity index (χ1) is 14.7. The number of thioether (sulfide) groups is 1. The van der Waals surface area contributed by atoms with Gasteiger partial charge in [-0.25, -0.2) is 0 Å². The lowest BCUT2D eigenvalue weighted by atomic mass is 9.87. The van der Waals surface area contributed by atoms with Crippen LogP contribution >= 0.6 is 11.8 Å². The number of benzene rings is 2. The van der Waals surface area contributed by atoms with Gasteiger partial charge in [0, 0.05) is 5.69 Å². The van der Waals surface area contributed by atoms with Crippen LogP contribution in [0.4, 0.5) is 14.5 Å². The second-order valence-electron chi connectivity index (χ2n) is 7.75. The lowest BCUT2D eigenvalue weighted by Gasteiger charge is -2.19. The van der Waals surface area contributed by atoms with E-state index in [2.05, 4.69) is 41.0 Å². The van der Waals surface area contributed by atoms with Gasteiger partial charge in [-0.1, -0.05) is 50.2 Å². The van der Waals surface area contributed by atoms with Crippen molar-refractivity contribution in [2.45, 2.75) is 38.6 Å². The molecular weight excluding hydrogens is 424 g/mol. The second kappa shape index (κ2) is 9.91. The van der Waals surface area contributed by atoms with E-state index in [9.17, 15) is 13.6 Å². The predicted molar refractivity (Wildman–Crippen MR) is 116 cm³/mol. The van der Waals surface area contributed by atoms with E-state index in [-0.39, 0.29) is 34.5 Å². The average Bonchev–Trinajstić information content (AvgIpc) is 3.16. The Morgan fingerprint density at radius 3 is 2.55 bits per heavy atom. The molecule has 3 aromatic rings. The lowest BCUT2D eigenvalue weighted by Crippen LogP contribution is -2.15. The van der Waals surface area contributed by atoms with Crippen molar-refractivity contribution in [1.29, 1.82) is 0 Å². The van der Waals surface area contributed by atoms with Crippen LogP contribution in [-0.4, -0.2) is 28.4 Å². The number of hydrogen-bond acceptors (Lipinski definition) is 6. The SMILES string of the molecule is CC(C)(C)c1ccc(NC(=O)CSCc2nc(-c3ccccc3OC(F)F)no2)cc1. The number of nitrogens with zero attached hydrogens (tertiary/aromatic N) is 2. The van der Waals surface area contributed by atoms with Crippen LogP contribution in [-0.2, 0) is 16.0 Å².